The fourth-order valence-electron chi connectivity index (χ4n) is 3.89. The van der Waals surface area contributed by atoms with Crippen LogP contribution in [0.1, 0.15) is 22.0 Å². The molecule has 0 spiro atoms. The summed E-state index contributed by atoms with van der Waals surface area (Å²) < 4.78 is 5.52. The third-order valence-corrected chi connectivity index (χ3v) is 5.53. The number of anilines is 1. The summed E-state index contributed by atoms with van der Waals surface area (Å²) in [5, 5.41) is 4.05. The van der Waals surface area contributed by atoms with E-state index in [-0.39, 0.29) is 11.9 Å². The molecule has 1 aliphatic heterocycles. The molecule has 156 valence electrons. The summed E-state index contributed by atoms with van der Waals surface area (Å²) in [6.45, 7) is 3.70. The zero-order chi connectivity index (χ0) is 20.9. The van der Waals surface area contributed by atoms with Crippen LogP contribution in [0.4, 0.5) is 5.82 Å². The first-order valence-electron chi connectivity index (χ1n) is 10.4. The Kier molecular flexibility index (Phi) is 6.26. The number of pyridine rings is 1. The van der Waals surface area contributed by atoms with Gasteiger partial charge >= 0.3 is 0 Å². The van der Waals surface area contributed by atoms with Crippen LogP contribution in [0.25, 0.3) is 10.9 Å². The SMILES string of the molecule is CN(C)c1cc(C(=O)NC[C@H](c2ccccc2)N2CCOCC2)c2ccccc2n1. The van der Waals surface area contributed by atoms with Crippen molar-refractivity contribution in [3.63, 3.8) is 0 Å². The number of morpholine rings is 1. The van der Waals surface area contributed by atoms with Crippen molar-refractivity contribution < 1.29 is 9.53 Å². The number of fused-ring (bicyclic) bond motifs is 1. The average molecular weight is 405 g/mol. The van der Waals surface area contributed by atoms with Crippen molar-refractivity contribution in [3.8, 4) is 0 Å². The second-order valence-electron chi connectivity index (χ2n) is 7.72. The summed E-state index contributed by atoms with van der Waals surface area (Å²) in [5.74, 6) is 0.692. The van der Waals surface area contributed by atoms with Crippen molar-refractivity contribution >= 4 is 22.6 Å². The zero-order valence-electron chi connectivity index (χ0n) is 17.5. The predicted molar refractivity (Wildman–Crippen MR) is 120 cm³/mol. The second kappa shape index (κ2) is 9.24. The molecule has 1 saturated heterocycles. The number of ether oxygens (including phenoxy) is 1. The molecule has 2 heterocycles. The molecule has 2 aromatic carbocycles. The number of carbonyl (C=O) groups excluding carboxylic acids is 1. The Labute approximate surface area is 177 Å². The number of para-hydroxylation sites is 1. The van der Waals surface area contributed by atoms with E-state index in [9.17, 15) is 4.79 Å². The van der Waals surface area contributed by atoms with E-state index in [2.05, 4.69) is 27.3 Å². The summed E-state index contributed by atoms with van der Waals surface area (Å²) in [4.78, 5) is 22.2. The molecule has 4 rings (SSSR count). The molecule has 1 amide bonds. The van der Waals surface area contributed by atoms with Crippen molar-refractivity contribution in [2.75, 3.05) is 51.8 Å². The van der Waals surface area contributed by atoms with E-state index >= 15 is 0 Å². The highest BCUT2D eigenvalue weighted by Gasteiger charge is 2.24. The van der Waals surface area contributed by atoms with E-state index in [1.54, 1.807) is 0 Å². The van der Waals surface area contributed by atoms with Gasteiger partial charge < -0.3 is 15.0 Å². The lowest BCUT2D eigenvalue weighted by atomic mass is 10.0. The Morgan fingerprint density at radius 2 is 1.80 bits per heavy atom. The molecule has 1 atom stereocenters. The first-order valence-corrected chi connectivity index (χ1v) is 10.4. The normalized spacial score (nSPS) is 15.7. The Hall–Kier alpha value is -2.96. The minimum atomic E-state index is -0.0779. The number of rotatable bonds is 6. The van der Waals surface area contributed by atoms with Crippen LogP contribution in [-0.4, -0.2) is 62.7 Å². The van der Waals surface area contributed by atoms with Crippen LogP contribution in [-0.2, 0) is 4.74 Å². The Balaban J connectivity index is 1.59. The van der Waals surface area contributed by atoms with Crippen LogP contribution < -0.4 is 10.2 Å². The molecule has 0 saturated carbocycles. The van der Waals surface area contributed by atoms with E-state index in [0.29, 0.717) is 12.1 Å². The van der Waals surface area contributed by atoms with Gasteiger partial charge in [-0.05, 0) is 17.7 Å². The maximum absolute atomic E-state index is 13.3. The van der Waals surface area contributed by atoms with Crippen LogP contribution in [0.15, 0.2) is 60.7 Å². The molecule has 3 aromatic rings. The zero-order valence-corrected chi connectivity index (χ0v) is 17.5. The minimum absolute atomic E-state index is 0.0779. The third kappa shape index (κ3) is 4.45. The highest BCUT2D eigenvalue weighted by Crippen LogP contribution is 2.24. The Morgan fingerprint density at radius 3 is 2.53 bits per heavy atom. The van der Waals surface area contributed by atoms with Crippen LogP contribution in [0.2, 0.25) is 0 Å². The van der Waals surface area contributed by atoms with E-state index in [4.69, 9.17) is 4.74 Å². The van der Waals surface area contributed by atoms with E-state index < -0.39 is 0 Å². The molecular formula is C24H28N4O2. The lowest BCUT2D eigenvalue weighted by Gasteiger charge is -2.35. The molecule has 1 N–H and O–H groups in total. The number of aromatic nitrogens is 1. The van der Waals surface area contributed by atoms with Crippen molar-refractivity contribution in [1.82, 2.24) is 15.2 Å². The van der Waals surface area contributed by atoms with Gasteiger partial charge in [-0.2, -0.15) is 0 Å². The number of benzene rings is 2. The molecule has 0 radical (unpaired) electrons. The number of amides is 1. The summed E-state index contributed by atoms with van der Waals surface area (Å²) in [6.07, 6.45) is 0. The van der Waals surface area contributed by atoms with Gasteiger partial charge in [0.25, 0.3) is 5.91 Å². The van der Waals surface area contributed by atoms with Crippen molar-refractivity contribution in [3.05, 3.63) is 71.8 Å². The fraction of sp³-hybridized carbons (Fsp3) is 0.333. The minimum Gasteiger partial charge on any atom is -0.379 e. The Morgan fingerprint density at radius 1 is 1.10 bits per heavy atom. The van der Waals surface area contributed by atoms with Crippen molar-refractivity contribution in [2.45, 2.75) is 6.04 Å². The molecule has 1 fully saturated rings. The van der Waals surface area contributed by atoms with E-state index in [0.717, 1.165) is 43.0 Å². The largest absolute Gasteiger partial charge is 0.379 e. The topological polar surface area (TPSA) is 57.7 Å². The molecule has 1 aliphatic rings. The highest BCUT2D eigenvalue weighted by molar-refractivity contribution is 6.07. The molecular weight excluding hydrogens is 376 g/mol. The number of hydrogen-bond acceptors (Lipinski definition) is 5. The number of hydrogen-bond donors (Lipinski definition) is 1. The lowest BCUT2D eigenvalue weighted by Crippen LogP contribution is -2.43. The molecule has 6 nitrogen and oxygen atoms in total. The maximum Gasteiger partial charge on any atom is 0.252 e. The average Bonchev–Trinajstić information content (AvgIpc) is 2.79. The van der Waals surface area contributed by atoms with Crippen molar-refractivity contribution in [1.29, 1.82) is 0 Å². The predicted octanol–water partition coefficient (Wildman–Crippen LogP) is 3.10. The van der Waals surface area contributed by atoms with Gasteiger partial charge in [0, 0.05) is 39.1 Å². The molecule has 0 aliphatic carbocycles. The van der Waals surface area contributed by atoms with Gasteiger partial charge in [0.15, 0.2) is 0 Å². The van der Waals surface area contributed by atoms with Crippen molar-refractivity contribution in [2.24, 2.45) is 0 Å². The summed E-state index contributed by atoms with van der Waals surface area (Å²) in [7, 11) is 3.87. The monoisotopic (exact) mass is 404 g/mol. The smallest absolute Gasteiger partial charge is 0.252 e. The summed E-state index contributed by atoms with van der Waals surface area (Å²) >= 11 is 0. The first-order chi connectivity index (χ1) is 14.6. The second-order valence-corrected chi connectivity index (χ2v) is 7.72. The number of nitrogens with one attached hydrogen (secondary N) is 1. The maximum atomic E-state index is 13.3. The number of carbonyl (C=O) groups is 1. The van der Waals surface area contributed by atoms with Gasteiger partial charge in [-0.1, -0.05) is 48.5 Å². The van der Waals surface area contributed by atoms with Gasteiger partial charge in [0.2, 0.25) is 0 Å². The lowest BCUT2D eigenvalue weighted by molar-refractivity contribution is 0.0162. The van der Waals surface area contributed by atoms with Gasteiger partial charge in [0.05, 0.1) is 30.3 Å². The standard InChI is InChI=1S/C24H28N4O2/c1-27(2)23-16-20(19-10-6-7-11-21(19)26-23)24(29)25-17-22(18-8-4-3-5-9-18)28-12-14-30-15-13-28/h3-11,16,22H,12-15,17H2,1-2H3,(H,25,29)/t22-/m1/s1. The van der Waals surface area contributed by atoms with Gasteiger partial charge in [-0.15, -0.1) is 0 Å². The molecule has 0 unspecified atom stereocenters. The highest BCUT2D eigenvalue weighted by atomic mass is 16.5. The van der Waals surface area contributed by atoms with Crippen LogP contribution in [0.3, 0.4) is 0 Å². The van der Waals surface area contributed by atoms with E-state index in [1.807, 2.05) is 67.5 Å². The third-order valence-electron chi connectivity index (χ3n) is 5.53. The summed E-state index contributed by atoms with van der Waals surface area (Å²) in [6, 6.07) is 20.1. The van der Waals surface area contributed by atoms with Gasteiger partial charge in [-0.3, -0.25) is 9.69 Å². The quantitative estimate of drug-likeness (QED) is 0.684. The molecule has 1 aromatic heterocycles. The summed E-state index contributed by atoms with van der Waals surface area (Å²) in [5.41, 5.74) is 2.67. The Bertz CT molecular complexity index is 1000. The fourth-order valence-corrected chi connectivity index (χ4v) is 3.89. The number of nitrogens with zero attached hydrogens (tertiary/aromatic N) is 3. The molecule has 0 bridgehead atoms. The van der Waals surface area contributed by atoms with Gasteiger partial charge in [-0.25, -0.2) is 4.98 Å². The molecule has 30 heavy (non-hydrogen) atoms. The van der Waals surface area contributed by atoms with E-state index in [1.165, 1.54) is 5.56 Å². The van der Waals surface area contributed by atoms with Gasteiger partial charge in [0.1, 0.15) is 5.82 Å². The van der Waals surface area contributed by atoms with Crippen LogP contribution in [0, 0.1) is 0 Å². The first kappa shape index (κ1) is 20.3. The molecule has 6 heteroatoms. The van der Waals surface area contributed by atoms with Crippen LogP contribution in [0.5, 0.6) is 0 Å². The van der Waals surface area contributed by atoms with Crippen LogP contribution >= 0.6 is 0 Å².